The molecule has 0 bridgehead atoms. The lowest BCUT2D eigenvalue weighted by Gasteiger charge is -2.01. The monoisotopic (exact) mass is 264 g/mol. The van der Waals surface area contributed by atoms with E-state index in [2.05, 4.69) is 6.58 Å². The minimum atomic E-state index is -0.935. The van der Waals surface area contributed by atoms with Gasteiger partial charge >= 0.3 is 11.9 Å². The summed E-state index contributed by atoms with van der Waals surface area (Å²) in [4.78, 5) is 20.9. The van der Waals surface area contributed by atoms with Gasteiger partial charge in [0.25, 0.3) is 0 Å². The lowest BCUT2D eigenvalue weighted by atomic mass is 10.2. The summed E-state index contributed by atoms with van der Waals surface area (Å²) >= 11 is 0. The second-order valence-corrected chi connectivity index (χ2v) is 4.01. The van der Waals surface area contributed by atoms with Gasteiger partial charge in [-0.15, -0.1) is 0 Å². The van der Waals surface area contributed by atoms with Crippen LogP contribution in [0, 0.1) is 0 Å². The maximum absolute atomic E-state index is 11.3. The summed E-state index contributed by atoms with van der Waals surface area (Å²) in [6.45, 7) is 5.68. The number of carboxylic acids is 1. The van der Waals surface area contributed by atoms with E-state index < -0.39 is 5.97 Å². The van der Waals surface area contributed by atoms with Gasteiger partial charge in [0.1, 0.15) is 12.7 Å². The fourth-order valence-electron chi connectivity index (χ4n) is 0.990. The van der Waals surface area contributed by atoms with Gasteiger partial charge in [0.05, 0.1) is 12.2 Å². The van der Waals surface area contributed by atoms with Crippen LogP contribution in [0.3, 0.4) is 0 Å². The normalized spacial score (nSPS) is 15.7. The Labute approximate surface area is 111 Å². The summed E-state index contributed by atoms with van der Waals surface area (Å²) in [5.41, 5.74) is 0.762. The molecule has 5 nitrogen and oxygen atoms in total. The largest absolute Gasteiger partial charge is 0.478 e. The first-order chi connectivity index (χ1) is 9.00. The Kier molecular flexibility index (Phi) is 5.75. The van der Waals surface area contributed by atoms with Crippen molar-refractivity contribution >= 4 is 11.9 Å². The summed E-state index contributed by atoms with van der Waals surface area (Å²) in [5.74, 6) is -1.22. The zero-order valence-corrected chi connectivity index (χ0v) is 10.7. The van der Waals surface area contributed by atoms with Gasteiger partial charge in [-0.3, -0.25) is 0 Å². The van der Waals surface area contributed by atoms with Gasteiger partial charge in [-0.25, -0.2) is 9.59 Å². The average Bonchev–Trinajstić information content (AvgIpc) is 3.21. The van der Waals surface area contributed by atoms with E-state index in [1.165, 1.54) is 6.92 Å². The molecule has 0 aliphatic carbocycles. The van der Waals surface area contributed by atoms with Crippen molar-refractivity contribution in [1.29, 1.82) is 0 Å². The van der Waals surface area contributed by atoms with Crippen molar-refractivity contribution in [1.82, 2.24) is 0 Å². The van der Waals surface area contributed by atoms with E-state index in [4.69, 9.17) is 14.6 Å². The van der Waals surface area contributed by atoms with Crippen LogP contribution in [0.25, 0.3) is 0 Å². The third-order valence-corrected chi connectivity index (χ3v) is 2.18. The van der Waals surface area contributed by atoms with Crippen molar-refractivity contribution in [2.24, 2.45) is 0 Å². The first kappa shape index (κ1) is 14.9. The number of aliphatic carboxylic acids is 1. The highest BCUT2D eigenvalue weighted by Gasteiger charge is 2.24. The molecule has 1 atom stereocenters. The number of carbonyl (C=O) groups excluding carboxylic acids is 1. The number of ether oxygens (including phenoxy) is 2. The molecule has 1 aliphatic heterocycles. The third-order valence-electron chi connectivity index (χ3n) is 2.18. The summed E-state index contributed by atoms with van der Waals surface area (Å²) in [5, 5.41) is 7.89. The molecule has 1 unspecified atom stereocenters. The van der Waals surface area contributed by atoms with Crippen molar-refractivity contribution in [2.75, 3.05) is 13.2 Å². The Morgan fingerprint density at radius 3 is 2.37 bits per heavy atom. The van der Waals surface area contributed by atoms with E-state index in [9.17, 15) is 9.59 Å². The van der Waals surface area contributed by atoms with Crippen molar-refractivity contribution in [3.05, 3.63) is 48.0 Å². The Morgan fingerprint density at radius 1 is 1.42 bits per heavy atom. The Morgan fingerprint density at radius 2 is 1.95 bits per heavy atom. The summed E-state index contributed by atoms with van der Waals surface area (Å²) in [6.07, 6.45) is 0.132. The Hall–Kier alpha value is -2.14. The van der Waals surface area contributed by atoms with Crippen LogP contribution in [0.4, 0.5) is 0 Å². The quantitative estimate of drug-likeness (QED) is 0.510. The van der Waals surface area contributed by atoms with Crippen LogP contribution < -0.4 is 0 Å². The molecule has 1 aromatic rings. The Bertz CT molecular complexity index is 436. The molecular formula is C14H16O5. The predicted molar refractivity (Wildman–Crippen MR) is 68.9 cm³/mol. The van der Waals surface area contributed by atoms with E-state index in [0.717, 1.165) is 0 Å². The number of hydrogen-bond donors (Lipinski definition) is 1. The van der Waals surface area contributed by atoms with Gasteiger partial charge in [0.15, 0.2) is 0 Å². The average molecular weight is 264 g/mol. The van der Waals surface area contributed by atoms with Gasteiger partial charge in [0.2, 0.25) is 0 Å². The van der Waals surface area contributed by atoms with E-state index in [1.807, 2.05) is 18.2 Å². The number of epoxide rings is 1. The van der Waals surface area contributed by atoms with Crippen LogP contribution in [-0.2, 0) is 14.3 Å². The van der Waals surface area contributed by atoms with Crippen molar-refractivity contribution < 1.29 is 24.2 Å². The summed E-state index contributed by atoms with van der Waals surface area (Å²) < 4.78 is 9.91. The second kappa shape index (κ2) is 7.33. The van der Waals surface area contributed by atoms with E-state index in [1.54, 1.807) is 12.1 Å². The van der Waals surface area contributed by atoms with Crippen molar-refractivity contribution in [2.45, 2.75) is 13.0 Å². The Balaban J connectivity index is 0.000000258. The van der Waals surface area contributed by atoms with Gasteiger partial charge < -0.3 is 14.6 Å². The third kappa shape index (κ3) is 6.38. The topological polar surface area (TPSA) is 76.1 Å². The first-order valence-corrected chi connectivity index (χ1v) is 5.73. The predicted octanol–water partition coefficient (Wildman–Crippen LogP) is 1.89. The maximum atomic E-state index is 11.3. The highest BCUT2D eigenvalue weighted by molar-refractivity contribution is 5.89. The number of carbonyl (C=O) groups is 2. The smallest absolute Gasteiger partial charge is 0.338 e. The highest BCUT2D eigenvalue weighted by Crippen LogP contribution is 2.10. The van der Waals surface area contributed by atoms with Crippen LogP contribution in [0.15, 0.2) is 42.5 Å². The molecule has 1 aromatic carbocycles. The van der Waals surface area contributed by atoms with Crippen LogP contribution in [0.5, 0.6) is 0 Å². The van der Waals surface area contributed by atoms with E-state index in [-0.39, 0.29) is 17.6 Å². The molecule has 1 aliphatic rings. The molecule has 5 heteroatoms. The fraction of sp³-hybridized carbons (Fsp3) is 0.286. The molecule has 1 heterocycles. The van der Waals surface area contributed by atoms with Gasteiger partial charge in [-0.1, -0.05) is 24.8 Å². The van der Waals surface area contributed by atoms with Crippen LogP contribution in [0.2, 0.25) is 0 Å². The van der Waals surface area contributed by atoms with Crippen LogP contribution in [0.1, 0.15) is 17.3 Å². The molecule has 0 saturated carbocycles. The number of esters is 1. The van der Waals surface area contributed by atoms with Crippen molar-refractivity contribution in [3.8, 4) is 0 Å². The lowest BCUT2D eigenvalue weighted by molar-refractivity contribution is -0.132. The SMILES string of the molecule is C=C(C)C(=O)O.O=C(OCC1CO1)c1ccccc1. The summed E-state index contributed by atoms with van der Waals surface area (Å²) in [7, 11) is 0. The first-order valence-electron chi connectivity index (χ1n) is 5.73. The van der Waals surface area contributed by atoms with Crippen LogP contribution in [-0.4, -0.2) is 36.4 Å². The molecule has 102 valence electrons. The van der Waals surface area contributed by atoms with E-state index in [0.29, 0.717) is 18.8 Å². The zero-order chi connectivity index (χ0) is 14.3. The molecule has 0 amide bonds. The minimum absolute atomic E-state index is 0.132. The fourth-order valence-corrected chi connectivity index (χ4v) is 0.990. The maximum Gasteiger partial charge on any atom is 0.338 e. The van der Waals surface area contributed by atoms with Crippen molar-refractivity contribution in [3.63, 3.8) is 0 Å². The zero-order valence-electron chi connectivity index (χ0n) is 10.7. The number of carboxylic acid groups (broad SMARTS) is 1. The molecule has 19 heavy (non-hydrogen) atoms. The van der Waals surface area contributed by atoms with Gasteiger partial charge in [-0.05, 0) is 19.1 Å². The lowest BCUT2D eigenvalue weighted by Crippen LogP contribution is -2.09. The summed E-state index contributed by atoms with van der Waals surface area (Å²) in [6, 6.07) is 8.95. The van der Waals surface area contributed by atoms with Gasteiger partial charge in [0, 0.05) is 5.57 Å². The molecule has 0 radical (unpaired) electrons. The number of benzene rings is 1. The number of rotatable bonds is 4. The van der Waals surface area contributed by atoms with E-state index >= 15 is 0 Å². The molecule has 1 N–H and O–H groups in total. The molecular weight excluding hydrogens is 248 g/mol. The molecule has 2 rings (SSSR count). The van der Waals surface area contributed by atoms with Crippen LogP contribution >= 0.6 is 0 Å². The standard InChI is InChI=1S/C10H10O3.C4H6O2/c11-10(13-7-9-6-12-9)8-4-2-1-3-5-8;1-3(2)4(5)6/h1-5,9H,6-7H2;1H2,2H3,(H,5,6). The molecule has 0 spiro atoms. The van der Waals surface area contributed by atoms with Gasteiger partial charge in [-0.2, -0.15) is 0 Å². The second-order valence-electron chi connectivity index (χ2n) is 4.01. The highest BCUT2D eigenvalue weighted by atomic mass is 16.6. The molecule has 1 fully saturated rings. The minimum Gasteiger partial charge on any atom is -0.478 e. The number of hydrogen-bond acceptors (Lipinski definition) is 4. The molecule has 1 saturated heterocycles. The molecule has 0 aromatic heterocycles.